The number of aryl methyl sites for hydroxylation is 1. The number of ether oxygens (including phenoxy) is 1. The van der Waals surface area contributed by atoms with Gasteiger partial charge in [0.05, 0.1) is 23.5 Å². The maximum absolute atomic E-state index is 5.68. The van der Waals surface area contributed by atoms with Crippen molar-refractivity contribution in [3.8, 4) is 5.75 Å². The van der Waals surface area contributed by atoms with Crippen molar-refractivity contribution in [2.45, 2.75) is 13.8 Å². The van der Waals surface area contributed by atoms with Gasteiger partial charge in [-0.3, -0.25) is 4.98 Å². The predicted octanol–water partition coefficient (Wildman–Crippen LogP) is 5.22. The molecule has 0 saturated heterocycles. The minimum Gasteiger partial charge on any atom is -0.492 e. The summed E-state index contributed by atoms with van der Waals surface area (Å²) in [6, 6.07) is 19.7. The van der Waals surface area contributed by atoms with Crippen molar-refractivity contribution in [1.29, 1.82) is 0 Å². The molecule has 2 aromatic carbocycles. The number of fused-ring (bicyclic) bond motifs is 1. The number of nitrogens with one attached hydrogen (secondary N) is 2. The monoisotopic (exact) mass is 371 g/mol. The fourth-order valence-electron chi connectivity index (χ4n) is 3.03. The Morgan fingerprint density at radius 2 is 1.57 bits per heavy atom. The van der Waals surface area contributed by atoms with Crippen LogP contribution < -0.4 is 15.4 Å². The van der Waals surface area contributed by atoms with Crippen LogP contribution in [0.3, 0.4) is 0 Å². The SMILES string of the molecule is CCOc1ccccc1Nc1cc(Nc2cccc3cccnc23)nc(C)n1. The second-order valence-electron chi connectivity index (χ2n) is 6.25. The number of aromatic nitrogens is 3. The van der Waals surface area contributed by atoms with Gasteiger partial charge in [0.2, 0.25) is 0 Å². The lowest BCUT2D eigenvalue weighted by atomic mass is 10.2. The molecule has 4 aromatic rings. The zero-order chi connectivity index (χ0) is 19.3. The summed E-state index contributed by atoms with van der Waals surface area (Å²) in [6.45, 7) is 4.43. The lowest BCUT2D eigenvalue weighted by Crippen LogP contribution is -2.03. The molecule has 0 aliphatic rings. The third-order valence-corrected chi connectivity index (χ3v) is 4.18. The summed E-state index contributed by atoms with van der Waals surface area (Å²) in [7, 11) is 0. The molecule has 140 valence electrons. The number of pyridine rings is 1. The van der Waals surface area contributed by atoms with Crippen LogP contribution in [-0.2, 0) is 0 Å². The standard InChI is InChI=1S/C22H21N5O/c1-3-28-19-12-5-4-10-17(19)26-20-14-21(25-15(2)24-20)27-18-11-6-8-16-9-7-13-23-22(16)18/h4-14H,3H2,1-2H3,(H2,24,25,26,27). The van der Waals surface area contributed by atoms with Crippen LogP contribution in [0.5, 0.6) is 5.75 Å². The van der Waals surface area contributed by atoms with E-state index in [4.69, 9.17) is 4.74 Å². The average Bonchev–Trinajstić information content (AvgIpc) is 2.70. The fourth-order valence-corrected chi connectivity index (χ4v) is 3.03. The van der Waals surface area contributed by atoms with Gasteiger partial charge in [-0.25, -0.2) is 9.97 Å². The second-order valence-corrected chi connectivity index (χ2v) is 6.25. The van der Waals surface area contributed by atoms with Gasteiger partial charge in [-0.05, 0) is 38.1 Å². The second kappa shape index (κ2) is 7.92. The molecule has 2 aromatic heterocycles. The van der Waals surface area contributed by atoms with E-state index in [9.17, 15) is 0 Å². The molecule has 28 heavy (non-hydrogen) atoms. The minimum atomic E-state index is 0.600. The van der Waals surface area contributed by atoms with Crippen LogP contribution in [-0.4, -0.2) is 21.6 Å². The summed E-state index contributed by atoms with van der Waals surface area (Å²) in [5.74, 6) is 2.83. The Balaban J connectivity index is 1.64. The molecule has 2 N–H and O–H groups in total. The van der Waals surface area contributed by atoms with Gasteiger partial charge in [0, 0.05) is 17.6 Å². The first-order valence-electron chi connectivity index (χ1n) is 9.18. The number of anilines is 4. The Kier molecular flexibility index (Phi) is 5.01. The largest absolute Gasteiger partial charge is 0.492 e. The van der Waals surface area contributed by atoms with Gasteiger partial charge in [0.15, 0.2) is 0 Å². The first-order valence-corrected chi connectivity index (χ1v) is 9.18. The van der Waals surface area contributed by atoms with Crippen molar-refractivity contribution in [3.05, 3.63) is 72.7 Å². The number of nitrogens with zero attached hydrogens (tertiary/aromatic N) is 3. The molecule has 0 aliphatic heterocycles. The Bertz CT molecular complexity index is 1110. The molecule has 0 fully saturated rings. The van der Waals surface area contributed by atoms with Crippen LogP contribution in [0.25, 0.3) is 10.9 Å². The van der Waals surface area contributed by atoms with Gasteiger partial charge in [-0.1, -0.05) is 30.3 Å². The van der Waals surface area contributed by atoms with E-state index in [0.717, 1.165) is 28.0 Å². The number of hydrogen-bond acceptors (Lipinski definition) is 6. The molecule has 0 amide bonds. The Hall–Kier alpha value is -3.67. The summed E-state index contributed by atoms with van der Waals surface area (Å²) in [5, 5.41) is 7.77. The molecule has 0 bridgehead atoms. The molecule has 4 rings (SSSR count). The number of para-hydroxylation sites is 3. The topological polar surface area (TPSA) is 72.0 Å². The van der Waals surface area contributed by atoms with Gasteiger partial charge < -0.3 is 15.4 Å². The van der Waals surface area contributed by atoms with Gasteiger partial charge in [-0.2, -0.15) is 0 Å². The smallest absolute Gasteiger partial charge is 0.142 e. The molecule has 0 unspecified atom stereocenters. The minimum absolute atomic E-state index is 0.600. The molecule has 0 radical (unpaired) electrons. The third kappa shape index (κ3) is 3.86. The van der Waals surface area contributed by atoms with E-state index in [1.54, 1.807) is 6.20 Å². The fraction of sp³-hybridized carbons (Fsp3) is 0.136. The van der Waals surface area contributed by atoms with E-state index < -0.39 is 0 Å². The average molecular weight is 371 g/mol. The highest BCUT2D eigenvalue weighted by Crippen LogP contribution is 2.29. The van der Waals surface area contributed by atoms with Crippen LogP contribution in [0.4, 0.5) is 23.0 Å². The number of benzene rings is 2. The number of rotatable bonds is 6. The molecular weight excluding hydrogens is 350 g/mol. The summed E-state index contributed by atoms with van der Waals surface area (Å²) in [6.07, 6.45) is 1.79. The lowest BCUT2D eigenvalue weighted by Gasteiger charge is -2.14. The Labute approximate surface area is 163 Å². The molecule has 6 heteroatoms. The lowest BCUT2D eigenvalue weighted by molar-refractivity contribution is 0.342. The summed E-state index contributed by atoms with van der Waals surface area (Å²) < 4.78 is 5.68. The highest BCUT2D eigenvalue weighted by molar-refractivity contribution is 5.91. The van der Waals surface area contributed by atoms with Crippen molar-refractivity contribution >= 4 is 33.9 Å². The highest BCUT2D eigenvalue weighted by atomic mass is 16.5. The zero-order valence-corrected chi connectivity index (χ0v) is 15.8. The van der Waals surface area contributed by atoms with Crippen LogP contribution in [0.15, 0.2) is 66.9 Å². The van der Waals surface area contributed by atoms with E-state index in [1.165, 1.54) is 0 Å². The van der Waals surface area contributed by atoms with Crippen molar-refractivity contribution < 1.29 is 4.74 Å². The quantitative estimate of drug-likeness (QED) is 0.484. The third-order valence-electron chi connectivity index (χ3n) is 4.18. The van der Waals surface area contributed by atoms with E-state index in [0.29, 0.717) is 24.1 Å². The van der Waals surface area contributed by atoms with Gasteiger partial charge in [-0.15, -0.1) is 0 Å². The zero-order valence-electron chi connectivity index (χ0n) is 15.8. The Morgan fingerprint density at radius 3 is 2.39 bits per heavy atom. The van der Waals surface area contributed by atoms with Crippen LogP contribution in [0, 0.1) is 6.92 Å². The van der Waals surface area contributed by atoms with Crippen molar-refractivity contribution in [1.82, 2.24) is 15.0 Å². The molecule has 0 atom stereocenters. The maximum Gasteiger partial charge on any atom is 0.142 e. The van der Waals surface area contributed by atoms with E-state index in [1.807, 2.05) is 74.5 Å². The van der Waals surface area contributed by atoms with Crippen LogP contribution in [0.1, 0.15) is 12.7 Å². The molecule has 0 aliphatic carbocycles. The molecule has 2 heterocycles. The van der Waals surface area contributed by atoms with Gasteiger partial charge >= 0.3 is 0 Å². The summed E-state index contributed by atoms with van der Waals surface area (Å²) in [4.78, 5) is 13.5. The first-order chi connectivity index (χ1) is 13.7. The van der Waals surface area contributed by atoms with Gasteiger partial charge in [0.1, 0.15) is 23.2 Å². The molecular formula is C22H21N5O. The first kappa shape index (κ1) is 17.7. The summed E-state index contributed by atoms with van der Waals surface area (Å²) in [5.41, 5.74) is 2.66. The molecule has 6 nitrogen and oxygen atoms in total. The van der Waals surface area contributed by atoms with Crippen molar-refractivity contribution in [2.24, 2.45) is 0 Å². The number of hydrogen-bond donors (Lipinski definition) is 2. The van der Waals surface area contributed by atoms with Crippen molar-refractivity contribution in [2.75, 3.05) is 17.2 Å². The van der Waals surface area contributed by atoms with Crippen molar-refractivity contribution in [3.63, 3.8) is 0 Å². The van der Waals surface area contributed by atoms with Gasteiger partial charge in [0.25, 0.3) is 0 Å². The normalized spacial score (nSPS) is 10.6. The van der Waals surface area contributed by atoms with Crippen LogP contribution in [0.2, 0.25) is 0 Å². The van der Waals surface area contributed by atoms with E-state index in [-0.39, 0.29) is 0 Å². The maximum atomic E-state index is 5.68. The summed E-state index contributed by atoms with van der Waals surface area (Å²) >= 11 is 0. The predicted molar refractivity (Wildman–Crippen MR) is 113 cm³/mol. The van der Waals surface area contributed by atoms with E-state index >= 15 is 0 Å². The highest BCUT2D eigenvalue weighted by Gasteiger charge is 2.08. The Morgan fingerprint density at radius 1 is 0.857 bits per heavy atom. The molecule has 0 spiro atoms. The van der Waals surface area contributed by atoms with Crippen LogP contribution >= 0.6 is 0 Å². The van der Waals surface area contributed by atoms with E-state index in [2.05, 4.69) is 25.6 Å². The molecule has 0 saturated carbocycles.